The fourth-order valence-electron chi connectivity index (χ4n) is 0.835. The molecule has 12 heavy (non-hydrogen) atoms. The summed E-state index contributed by atoms with van der Waals surface area (Å²) in [6, 6.07) is 6.71. The molecule has 0 bridgehead atoms. The van der Waals surface area contributed by atoms with E-state index in [0.29, 0.717) is 4.90 Å². The van der Waals surface area contributed by atoms with Crippen molar-refractivity contribution in [2.24, 2.45) is 0 Å². The first kappa shape index (κ1) is 9.28. The fourth-order valence-corrected chi connectivity index (χ4v) is 1.57. The van der Waals surface area contributed by atoms with Crippen LogP contribution in [0, 0.1) is 6.92 Å². The topological polar surface area (TPSA) is 46.2 Å². The summed E-state index contributed by atoms with van der Waals surface area (Å²) < 4.78 is 24.7. The van der Waals surface area contributed by atoms with Crippen LogP contribution in [-0.4, -0.2) is 16.4 Å². The molecule has 3 nitrogen and oxygen atoms in total. The van der Waals surface area contributed by atoms with E-state index in [9.17, 15) is 8.42 Å². The van der Waals surface area contributed by atoms with Crippen LogP contribution in [0.4, 0.5) is 0 Å². The Morgan fingerprint density at radius 3 is 2.17 bits per heavy atom. The molecule has 0 amide bonds. The van der Waals surface area contributed by atoms with Crippen molar-refractivity contribution in [3.8, 4) is 0 Å². The van der Waals surface area contributed by atoms with Gasteiger partial charge in [0.05, 0.1) is 4.90 Å². The van der Waals surface area contributed by atoms with Crippen LogP contribution in [0.25, 0.3) is 0 Å². The van der Waals surface area contributed by atoms with Gasteiger partial charge in [0, 0.05) is 0 Å². The zero-order chi connectivity index (χ0) is 9.19. The lowest BCUT2D eigenvalue weighted by Crippen LogP contribution is -2.19. The highest BCUT2D eigenvalue weighted by Gasteiger charge is 2.08. The number of aryl methyl sites for hydroxylation is 1. The second kappa shape index (κ2) is 3.29. The molecule has 0 radical (unpaired) electrons. The van der Waals surface area contributed by atoms with Gasteiger partial charge in [-0.2, -0.15) is 0 Å². The molecule has 0 aliphatic heterocycles. The van der Waals surface area contributed by atoms with E-state index in [-0.39, 0.29) is 0 Å². The third kappa shape index (κ3) is 1.87. The molecule has 0 fully saturated rings. The van der Waals surface area contributed by atoms with E-state index in [1.54, 1.807) is 24.3 Å². The Labute approximate surface area is 73.3 Å². The van der Waals surface area contributed by atoms with Crippen molar-refractivity contribution < 1.29 is 8.42 Å². The SMILES string of the molecule is BNS(=O)(=O)c1ccc(C)cc1. The number of nitrogens with one attached hydrogen (secondary N) is 1. The molecule has 0 heterocycles. The lowest BCUT2D eigenvalue weighted by Gasteiger charge is -2.01. The highest BCUT2D eigenvalue weighted by molar-refractivity contribution is 7.90. The first-order valence-electron chi connectivity index (χ1n) is 3.56. The summed E-state index contributed by atoms with van der Waals surface area (Å²) in [4.78, 5) is 0.301. The number of sulfonamides is 1. The molecule has 0 saturated carbocycles. The molecular formula is C7H10BNO2S. The van der Waals surface area contributed by atoms with E-state index in [0.717, 1.165) is 5.56 Å². The number of hydrogen-bond acceptors (Lipinski definition) is 2. The zero-order valence-corrected chi connectivity index (χ0v) is 7.85. The van der Waals surface area contributed by atoms with Gasteiger partial charge in [-0.1, -0.05) is 17.7 Å². The predicted octanol–water partition coefficient (Wildman–Crippen LogP) is -0.179. The van der Waals surface area contributed by atoms with Crippen molar-refractivity contribution in [1.82, 2.24) is 4.63 Å². The van der Waals surface area contributed by atoms with Gasteiger partial charge >= 0.3 is 0 Å². The maximum atomic E-state index is 11.2. The Kier molecular flexibility index (Phi) is 2.54. The molecule has 0 atom stereocenters. The molecule has 5 heteroatoms. The minimum Gasteiger partial charge on any atom is -0.259 e. The summed E-state index contributed by atoms with van der Waals surface area (Å²) in [5.41, 5.74) is 1.05. The molecule has 0 saturated heterocycles. The van der Waals surface area contributed by atoms with E-state index in [1.807, 2.05) is 6.92 Å². The van der Waals surface area contributed by atoms with E-state index in [4.69, 9.17) is 0 Å². The van der Waals surface area contributed by atoms with Gasteiger partial charge in [-0.25, -0.2) is 8.42 Å². The zero-order valence-electron chi connectivity index (χ0n) is 7.03. The molecule has 1 N–H and O–H groups in total. The normalized spacial score (nSPS) is 11.4. The van der Waals surface area contributed by atoms with Crippen LogP contribution in [0.2, 0.25) is 0 Å². The van der Waals surface area contributed by atoms with E-state index in [1.165, 1.54) is 7.98 Å². The molecule has 1 rings (SSSR count). The summed E-state index contributed by atoms with van der Waals surface area (Å²) in [6.07, 6.45) is 0. The van der Waals surface area contributed by atoms with Crippen LogP contribution >= 0.6 is 0 Å². The van der Waals surface area contributed by atoms with Gasteiger partial charge in [0.25, 0.3) is 0 Å². The molecule has 1 aromatic carbocycles. The first-order chi connectivity index (χ1) is 5.56. The van der Waals surface area contributed by atoms with E-state index < -0.39 is 10.0 Å². The Morgan fingerprint density at radius 1 is 1.25 bits per heavy atom. The average molecular weight is 183 g/mol. The smallest absolute Gasteiger partial charge is 0.230 e. The van der Waals surface area contributed by atoms with Crippen molar-refractivity contribution in [1.29, 1.82) is 0 Å². The molecule has 0 unspecified atom stereocenters. The van der Waals surface area contributed by atoms with Crippen LogP contribution < -0.4 is 4.63 Å². The average Bonchev–Trinajstić information content (AvgIpc) is 2.05. The molecule has 0 aliphatic rings. The lowest BCUT2D eigenvalue weighted by molar-refractivity contribution is 0.594. The first-order valence-corrected chi connectivity index (χ1v) is 5.05. The Bertz CT molecular complexity index is 357. The Hall–Kier alpha value is -0.805. The molecule has 1 aromatic rings. The van der Waals surface area contributed by atoms with Crippen LogP contribution in [0.15, 0.2) is 29.2 Å². The fraction of sp³-hybridized carbons (Fsp3) is 0.143. The maximum Gasteiger partial charge on any atom is 0.230 e. The van der Waals surface area contributed by atoms with Crippen molar-refractivity contribution in [3.05, 3.63) is 29.8 Å². The third-order valence-corrected chi connectivity index (χ3v) is 3.03. The molecule has 0 aromatic heterocycles. The Balaban J connectivity index is 3.14. The largest absolute Gasteiger partial charge is 0.259 e. The predicted molar refractivity (Wildman–Crippen MR) is 50.0 cm³/mol. The van der Waals surface area contributed by atoms with E-state index in [2.05, 4.69) is 4.63 Å². The van der Waals surface area contributed by atoms with Crippen LogP contribution in [-0.2, 0) is 10.0 Å². The maximum absolute atomic E-state index is 11.2. The minimum atomic E-state index is -3.26. The Morgan fingerprint density at radius 2 is 1.75 bits per heavy atom. The summed E-state index contributed by atoms with van der Waals surface area (Å²) in [6.45, 7) is 1.91. The van der Waals surface area contributed by atoms with Gasteiger partial charge in [-0.05, 0) is 19.1 Å². The van der Waals surface area contributed by atoms with Gasteiger partial charge in [0.1, 0.15) is 0 Å². The second-order valence-electron chi connectivity index (χ2n) is 2.52. The highest BCUT2D eigenvalue weighted by atomic mass is 32.2. The van der Waals surface area contributed by atoms with Crippen molar-refractivity contribution in [2.75, 3.05) is 0 Å². The quantitative estimate of drug-likeness (QED) is 0.646. The number of rotatable bonds is 2. The van der Waals surface area contributed by atoms with Gasteiger partial charge in [0.15, 0.2) is 0 Å². The monoisotopic (exact) mass is 183 g/mol. The summed E-state index contributed by atoms with van der Waals surface area (Å²) >= 11 is 0. The summed E-state index contributed by atoms with van der Waals surface area (Å²) in [7, 11) is -1.87. The summed E-state index contributed by atoms with van der Waals surface area (Å²) in [5.74, 6) is 0. The van der Waals surface area contributed by atoms with Gasteiger partial charge in [-0.3, -0.25) is 4.63 Å². The molecule has 64 valence electrons. The number of hydrogen-bond donors (Lipinski definition) is 1. The van der Waals surface area contributed by atoms with Gasteiger partial charge in [-0.15, -0.1) is 0 Å². The minimum absolute atomic E-state index is 0.301. The second-order valence-corrected chi connectivity index (χ2v) is 4.41. The summed E-state index contributed by atoms with van der Waals surface area (Å²) in [5, 5.41) is 0. The van der Waals surface area contributed by atoms with Crippen LogP contribution in [0.3, 0.4) is 0 Å². The third-order valence-electron chi connectivity index (χ3n) is 1.60. The standard InChI is InChI=1S/C7H10BNO2S/c1-6-2-4-7(5-3-6)12(10,11)9-8/h2-5,9H,8H2,1H3. The van der Waals surface area contributed by atoms with Crippen molar-refractivity contribution in [3.63, 3.8) is 0 Å². The van der Waals surface area contributed by atoms with E-state index >= 15 is 0 Å². The van der Waals surface area contributed by atoms with Gasteiger partial charge < -0.3 is 0 Å². The molecular weight excluding hydrogens is 173 g/mol. The number of benzene rings is 1. The lowest BCUT2D eigenvalue weighted by atomic mass is 10.2. The molecule has 0 aliphatic carbocycles. The van der Waals surface area contributed by atoms with Gasteiger partial charge in [0.2, 0.25) is 18.0 Å². The van der Waals surface area contributed by atoms with Crippen molar-refractivity contribution in [2.45, 2.75) is 11.8 Å². The van der Waals surface area contributed by atoms with Crippen LogP contribution in [0.1, 0.15) is 5.56 Å². The van der Waals surface area contributed by atoms with Crippen molar-refractivity contribution >= 4 is 18.0 Å². The molecule has 0 spiro atoms. The van der Waals surface area contributed by atoms with Crippen LogP contribution in [0.5, 0.6) is 0 Å². The highest BCUT2D eigenvalue weighted by Crippen LogP contribution is 2.08.